The molecule has 2 heterocycles. The average Bonchev–Trinajstić information content (AvgIpc) is 3.30. The van der Waals surface area contributed by atoms with Crippen LogP contribution in [0.2, 0.25) is 0 Å². The standard InChI is InChI=1S/C23H27N5O3/c1-16-8-10-18(11-9-16)21-25-22(31-26-21)17(2)27-12-14-28(15-13-27)23(29)24-19-6-4-5-7-20(19)30-3/h4-11,17H,12-15H2,1-3H3,(H,24,29)/t17-/m1/s1. The van der Waals surface area contributed by atoms with Crippen molar-refractivity contribution < 1.29 is 14.1 Å². The molecular formula is C23H27N5O3. The molecule has 8 heteroatoms. The lowest BCUT2D eigenvalue weighted by Crippen LogP contribution is -2.50. The van der Waals surface area contributed by atoms with Crippen molar-refractivity contribution in [3.8, 4) is 17.1 Å². The molecule has 0 unspecified atom stereocenters. The molecule has 1 saturated heterocycles. The van der Waals surface area contributed by atoms with Gasteiger partial charge < -0.3 is 19.5 Å². The number of ether oxygens (including phenoxy) is 1. The van der Waals surface area contributed by atoms with E-state index in [4.69, 9.17) is 9.26 Å². The Balaban J connectivity index is 1.34. The summed E-state index contributed by atoms with van der Waals surface area (Å²) in [6, 6.07) is 15.3. The van der Waals surface area contributed by atoms with E-state index < -0.39 is 0 Å². The zero-order valence-electron chi connectivity index (χ0n) is 18.0. The Labute approximate surface area is 181 Å². The smallest absolute Gasteiger partial charge is 0.322 e. The first-order valence-electron chi connectivity index (χ1n) is 10.4. The van der Waals surface area contributed by atoms with E-state index in [1.165, 1.54) is 5.56 Å². The van der Waals surface area contributed by atoms with Gasteiger partial charge in [-0.2, -0.15) is 4.98 Å². The molecule has 1 aliphatic heterocycles. The number of benzene rings is 2. The van der Waals surface area contributed by atoms with E-state index in [0.717, 1.165) is 18.7 Å². The van der Waals surface area contributed by atoms with Gasteiger partial charge in [0, 0.05) is 31.7 Å². The molecule has 2 amide bonds. The Hall–Kier alpha value is -3.39. The number of methoxy groups -OCH3 is 1. The number of aryl methyl sites for hydroxylation is 1. The number of hydrogen-bond donors (Lipinski definition) is 1. The average molecular weight is 422 g/mol. The summed E-state index contributed by atoms with van der Waals surface area (Å²) in [5.74, 6) is 1.82. The van der Waals surface area contributed by atoms with Gasteiger partial charge in [-0.25, -0.2) is 4.79 Å². The topological polar surface area (TPSA) is 83.7 Å². The highest BCUT2D eigenvalue weighted by atomic mass is 16.5. The van der Waals surface area contributed by atoms with E-state index in [1.54, 1.807) is 12.0 Å². The Morgan fingerprint density at radius 1 is 1.10 bits per heavy atom. The fourth-order valence-electron chi connectivity index (χ4n) is 3.64. The molecule has 0 radical (unpaired) electrons. The van der Waals surface area contributed by atoms with Gasteiger partial charge in [0.25, 0.3) is 0 Å². The van der Waals surface area contributed by atoms with Crippen LogP contribution in [-0.2, 0) is 0 Å². The maximum absolute atomic E-state index is 12.7. The van der Waals surface area contributed by atoms with Crippen LogP contribution in [0.4, 0.5) is 10.5 Å². The second-order valence-corrected chi connectivity index (χ2v) is 7.65. The van der Waals surface area contributed by atoms with Crippen molar-refractivity contribution in [1.29, 1.82) is 0 Å². The van der Waals surface area contributed by atoms with E-state index in [1.807, 2.05) is 55.5 Å². The highest BCUT2D eigenvalue weighted by Crippen LogP contribution is 2.25. The third-order valence-corrected chi connectivity index (χ3v) is 5.61. The van der Waals surface area contributed by atoms with Gasteiger partial charge in [-0.05, 0) is 26.0 Å². The van der Waals surface area contributed by atoms with Crippen LogP contribution in [0.15, 0.2) is 53.1 Å². The van der Waals surface area contributed by atoms with Gasteiger partial charge in [-0.3, -0.25) is 4.90 Å². The Kier molecular flexibility index (Phi) is 6.18. The van der Waals surface area contributed by atoms with Crippen LogP contribution in [0.25, 0.3) is 11.4 Å². The number of carbonyl (C=O) groups is 1. The molecule has 0 spiro atoms. The van der Waals surface area contributed by atoms with Crippen LogP contribution >= 0.6 is 0 Å². The number of anilines is 1. The van der Waals surface area contributed by atoms with Crippen molar-refractivity contribution in [3.63, 3.8) is 0 Å². The summed E-state index contributed by atoms with van der Waals surface area (Å²) in [6.07, 6.45) is 0. The van der Waals surface area contributed by atoms with Gasteiger partial charge in [0.1, 0.15) is 5.75 Å². The van der Waals surface area contributed by atoms with Crippen LogP contribution in [0.1, 0.15) is 24.4 Å². The molecule has 1 aliphatic rings. The number of urea groups is 1. The number of para-hydroxylation sites is 2. The quantitative estimate of drug-likeness (QED) is 0.671. The van der Waals surface area contributed by atoms with Crippen molar-refractivity contribution in [2.75, 3.05) is 38.6 Å². The molecule has 0 bridgehead atoms. The third-order valence-electron chi connectivity index (χ3n) is 5.61. The normalized spacial score (nSPS) is 15.5. The SMILES string of the molecule is COc1ccccc1NC(=O)N1CCN([C@H](C)c2nc(-c3ccc(C)cc3)no2)CC1. The van der Waals surface area contributed by atoms with Gasteiger partial charge in [-0.15, -0.1) is 0 Å². The summed E-state index contributed by atoms with van der Waals surface area (Å²) in [7, 11) is 1.59. The number of nitrogens with zero attached hydrogens (tertiary/aromatic N) is 4. The molecular weight excluding hydrogens is 394 g/mol. The Bertz CT molecular complexity index is 1030. The zero-order chi connectivity index (χ0) is 21.8. The number of carbonyl (C=O) groups excluding carboxylic acids is 1. The van der Waals surface area contributed by atoms with E-state index in [-0.39, 0.29) is 12.1 Å². The van der Waals surface area contributed by atoms with Crippen molar-refractivity contribution in [2.24, 2.45) is 0 Å². The number of hydrogen-bond acceptors (Lipinski definition) is 6. The van der Waals surface area contributed by atoms with Crippen LogP contribution in [0, 0.1) is 6.92 Å². The summed E-state index contributed by atoms with van der Waals surface area (Å²) < 4.78 is 10.8. The number of nitrogens with one attached hydrogen (secondary N) is 1. The lowest BCUT2D eigenvalue weighted by molar-refractivity contribution is 0.104. The molecule has 8 nitrogen and oxygen atoms in total. The minimum absolute atomic E-state index is 0.0221. The molecule has 0 aliphatic carbocycles. The summed E-state index contributed by atoms with van der Waals surface area (Å²) in [5, 5.41) is 7.07. The van der Waals surface area contributed by atoms with Crippen LogP contribution in [0.5, 0.6) is 5.75 Å². The second-order valence-electron chi connectivity index (χ2n) is 7.65. The summed E-state index contributed by atoms with van der Waals surface area (Å²) in [5.41, 5.74) is 2.79. The number of aromatic nitrogens is 2. The second kappa shape index (κ2) is 9.18. The fourth-order valence-corrected chi connectivity index (χ4v) is 3.64. The van der Waals surface area contributed by atoms with E-state index >= 15 is 0 Å². The predicted octanol–water partition coefficient (Wildman–Crippen LogP) is 3.96. The molecule has 1 aromatic heterocycles. The van der Waals surface area contributed by atoms with Gasteiger partial charge in [0.05, 0.1) is 18.8 Å². The minimum atomic E-state index is -0.128. The van der Waals surface area contributed by atoms with Gasteiger partial charge in [0.2, 0.25) is 11.7 Å². The molecule has 1 fully saturated rings. The van der Waals surface area contributed by atoms with Crippen LogP contribution in [0.3, 0.4) is 0 Å². The first-order chi connectivity index (χ1) is 15.0. The van der Waals surface area contributed by atoms with Crippen LogP contribution < -0.4 is 10.1 Å². The fraction of sp³-hybridized carbons (Fsp3) is 0.348. The van der Waals surface area contributed by atoms with Crippen molar-refractivity contribution in [1.82, 2.24) is 19.9 Å². The highest BCUT2D eigenvalue weighted by Gasteiger charge is 2.28. The summed E-state index contributed by atoms with van der Waals surface area (Å²) >= 11 is 0. The monoisotopic (exact) mass is 421 g/mol. The third kappa shape index (κ3) is 4.69. The lowest BCUT2D eigenvalue weighted by atomic mass is 10.1. The first kappa shape index (κ1) is 20.9. The zero-order valence-corrected chi connectivity index (χ0v) is 18.0. The number of piperazine rings is 1. The van der Waals surface area contributed by atoms with Gasteiger partial charge >= 0.3 is 6.03 Å². The van der Waals surface area contributed by atoms with Crippen molar-refractivity contribution in [3.05, 3.63) is 60.0 Å². The molecule has 4 rings (SSSR count). The minimum Gasteiger partial charge on any atom is -0.495 e. The Morgan fingerprint density at radius 2 is 1.81 bits per heavy atom. The molecule has 1 atom stereocenters. The summed E-state index contributed by atoms with van der Waals surface area (Å²) in [6.45, 7) is 6.78. The van der Waals surface area contributed by atoms with Gasteiger partial charge in [-0.1, -0.05) is 47.1 Å². The summed E-state index contributed by atoms with van der Waals surface area (Å²) in [4.78, 5) is 21.3. The molecule has 0 saturated carbocycles. The molecule has 162 valence electrons. The molecule has 2 aromatic carbocycles. The van der Waals surface area contributed by atoms with E-state index in [0.29, 0.717) is 36.2 Å². The maximum atomic E-state index is 12.7. The van der Waals surface area contributed by atoms with Crippen molar-refractivity contribution >= 4 is 11.7 Å². The Morgan fingerprint density at radius 3 is 2.52 bits per heavy atom. The van der Waals surface area contributed by atoms with Crippen molar-refractivity contribution in [2.45, 2.75) is 19.9 Å². The molecule has 3 aromatic rings. The van der Waals surface area contributed by atoms with E-state index in [2.05, 4.69) is 27.3 Å². The molecule has 31 heavy (non-hydrogen) atoms. The number of rotatable bonds is 5. The molecule has 1 N–H and O–H groups in total. The number of amides is 2. The largest absolute Gasteiger partial charge is 0.495 e. The lowest BCUT2D eigenvalue weighted by Gasteiger charge is -2.36. The predicted molar refractivity (Wildman–Crippen MR) is 118 cm³/mol. The first-order valence-corrected chi connectivity index (χ1v) is 10.4. The van der Waals surface area contributed by atoms with E-state index in [9.17, 15) is 4.79 Å². The van der Waals surface area contributed by atoms with Gasteiger partial charge in [0.15, 0.2) is 0 Å². The maximum Gasteiger partial charge on any atom is 0.322 e. The van der Waals surface area contributed by atoms with Crippen LogP contribution in [-0.4, -0.2) is 59.3 Å². The highest BCUT2D eigenvalue weighted by molar-refractivity contribution is 5.91.